The van der Waals surface area contributed by atoms with Crippen molar-refractivity contribution in [2.24, 2.45) is 0 Å². The van der Waals surface area contributed by atoms with Gasteiger partial charge in [0.25, 0.3) is 0 Å². The van der Waals surface area contributed by atoms with E-state index in [0.717, 1.165) is 6.42 Å². The Bertz CT molecular complexity index is 475. The molecule has 2 rings (SSSR count). The van der Waals surface area contributed by atoms with Crippen LogP contribution >= 0.6 is 0 Å². The number of amides is 2. The Labute approximate surface area is 118 Å². The van der Waals surface area contributed by atoms with Crippen molar-refractivity contribution in [1.29, 1.82) is 0 Å². The van der Waals surface area contributed by atoms with Gasteiger partial charge in [-0.05, 0) is 18.9 Å². The van der Waals surface area contributed by atoms with E-state index in [1.165, 1.54) is 5.56 Å². The molecule has 2 unspecified atom stereocenters. The predicted octanol–water partition coefficient (Wildman–Crippen LogP) is 2.05. The summed E-state index contributed by atoms with van der Waals surface area (Å²) in [5, 5.41) is 11.2. The van der Waals surface area contributed by atoms with E-state index in [1.54, 1.807) is 4.90 Å². The van der Waals surface area contributed by atoms with E-state index in [9.17, 15) is 9.59 Å². The van der Waals surface area contributed by atoms with E-state index in [0.29, 0.717) is 12.5 Å². The van der Waals surface area contributed by atoms with Crippen LogP contribution in [0.15, 0.2) is 30.3 Å². The first kappa shape index (κ1) is 14.4. The lowest BCUT2D eigenvalue weighted by atomic mass is 9.97. The number of urea groups is 1. The molecule has 0 aliphatic carbocycles. The second-order valence-corrected chi connectivity index (χ2v) is 5.22. The molecule has 0 bridgehead atoms. The number of carbonyl (C=O) groups excluding carboxylic acids is 1. The number of carboxylic acids is 1. The van der Waals surface area contributed by atoms with Gasteiger partial charge in [0, 0.05) is 25.0 Å². The van der Waals surface area contributed by atoms with E-state index in [4.69, 9.17) is 5.11 Å². The normalized spacial score (nSPS) is 21.8. The summed E-state index contributed by atoms with van der Waals surface area (Å²) >= 11 is 0. The van der Waals surface area contributed by atoms with Crippen molar-refractivity contribution < 1.29 is 14.7 Å². The Hall–Kier alpha value is -2.04. The maximum atomic E-state index is 12.0. The molecule has 1 heterocycles. The molecule has 1 aliphatic rings. The van der Waals surface area contributed by atoms with Crippen molar-refractivity contribution in [3.05, 3.63) is 35.9 Å². The second-order valence-electron chi connectivity index (χ2n) is 5.22. The van der Waals surface area contributed by atoms with Crippen LogP contribution in [0, 0.1) is 0 Å². The van der Waals surface area contributed by atoms with Gasteiger partial charge in [-0.1, -0.05) is 30.3 Å². The molecular formula is C15H20N2O3. The summed E-state index contributed by atoms with van der Waals surface area (Å²) in [6, 6.07) is 10.2. The first-order valence-corrected chi connectivity index (χ1v) is 6.89. The van der Waals surface area contributed by atoms with Gasteiger partial charge in [0.2, 0.25) is 0 Å². The Morgan fingerprint density at radius 2 is 2.05 bits per heavy atom. The van der Waals surface area contributed by atoms with Gasteiger partial charge in [0.1, 0.15) is 0 Å². The molecular weight excluding hydrogens is 256 g/mol. The molecule has 1 aromatic carbocycles. The third kappa shape index (κ3) is 3.50. The van der Waals surface area contributed by atoms with E-state index < -0.39 is 5.97 Å². The number of benzene rings is 1. The smallest absolute Gasteiger partial charge is 0.317 e. The van der Waals surface area contributed by atoms with Crippen LogP contribution in [0.25, 0.3) is 0 Å². The van der Waals surface area contributed by atoms with E-state index >= 15 is 0 Å². The number of hydrogen-bond acceptors (Lipinski definition) is 2. The lowest BCUT2D eigenvalue weighted by molar-refractivity contribution is -0.136. The van der Waals surface area contributed by atoms with E-state index in [-0.39, 0.29) is 25.0 Å². The van der Waals surface area contributed by atoms with Crippen molar-refractivity contribution in [3.63, 3.8) is 0 Å². The van der Waals surface area contributed by atoms with Gasteiger partial charge in [-0.25, -0.2) is 4.79 Å². The van der Waals surface area contributed by atoms with Crippen LogP contribution in [0.4, 0.5) is 4.79 Å². The van der Waals surface area contributed by atoms with Crippen LogP contribution in [0.2, 0.25) is 0 Å². The molecule has 1 saturated heterocycles. The number of nitrogens with one attached hydrogen (secondary N) is 1. The fourth-order valence-corrected chi connectivity index (χ4v) is 2.66. The number of nitrogens with zero attached hydrogens (tertiary/aromatic N) is 1. The van der Waals surface area contributed by atoms with Crippen LogP contribution in [-0.2, 0) is 4.79 Å². The third-order valence-electron chi connectivity index (χ3n) is 3.72. The average Bonchev–Trinajstić information content (AvgIpc) is 2.81. The molecule has 0 aromatic heterocycles. The van der Waals surface area contributed by atoms with E-state index in [2.05, 4.69) is 17.4 Å². The molecule has 20 heavy (non-hydrogen) atoms. The highest BCUT2D eigenvalue weighted by molar-refractivity contribution is 5.76. The predicted molar refractivity (Wildman–Crippen MR) is 75.6 cm³/mol. The first-order valence-electron chi connectivity index (χ1n) is 6.89. The summed E-state index contributed by atoms with van der Waals surface area (Å²) in [4.78, 5) is 24.3. The fraction of sp³-hybridized carbons (Fsp3) is 0.467. The van der Waals surface area contributed by atoms with E-state index in [1.807, 2.05) is 25.1 Å². The Kier molecular flexibility index (Phi) is 4.61. The number of carboxylic acid groups (broad SMARTS) is 1. The maximum Gasteiger partial charge on any atom is 0.317 e. The number of rotatable bonds is 4. The van der Waals surface area contributed by atoms with Crippen molar-refractivity contribution in [2.45, 2.75) is 31.7 Å². The molecule has 0 spiro atoms. The minimum absolute atomic E-state index is 0.0456. The van der Waals surface area contributed by atoms with Gasteiger partial charge in [-0.3, -0.25) is 4.79 Å². The topological polar surface area (TPSA) is 69.6 Å². The minimum atomic E-state index is -0.901. The monoisotopic (exact) mass is 276 g/mol. The Balaban J connectivity index is 1.90. The minimum Gasteiger partial charge on any atom is -0.481 e. The Morgan fingerprint density at radius 3 is 2.70 bits per heavy atom. The molecule has 5 heteroatoms. The standard InChI is InChI=1S/C15H20N2O3/c1-11-9-13(12-5-3-2-4-6-12)10-17(11)15(20)16-8-7-14(18)19/h2-6,11,13H,7-10H2,1H3,(H,16,20)(H,18,19). The van der Waals surface area contributed by atoms with Crippen LogP contribution in [0.3, 0.4) is 0 Å². The zero-order chi connectivity index (χ0) is 14.5. The number of carbonyl (C=O) groups is 2. The molecule has 2 amide bonds. The largest absolute Gasteiger partial charge is 0.481 e. The quantitative estimate of drug-likeness (QED) is 0.884. The molecule has 1 fully saturated rings. The molecule has 0 radical (unpaired) electrons. The summed E-state index contributed by atoms with van der Waals surface area (Å²) < 4.78 is 0. The highest BCUT2D eigenvalue weighted by atomic mass is 16.4. The molecule has 1 aromatic rings. The van der Waals surface area contributed by atoms with Gasteiger partial charge in [-0.2, -0.15) is 0 Å². The van der Waals surface area contributed by atoms with Crippen LogP contribution < -0.4 is 5.32 Å². The number of likely N-dealkylation sites (tertiary alicyclic amines) is 1. The zero-order valence-electron chi connectivity index (χ0n) is 11.6. The summed E-state index contributed by atoms with van der Waals surface area (Å²) in [5.41, 5.74) is 1.25. The first-order chi connectivity index (χ1) is 9.58. The van der Waals surface area contributed by atoms with Crippen LogP contribution in [0.1, 0.15) is 31.2 Å². The SMILES string of the molecule is CC1CC(c2ccccc2)CN1C(=O)NCCC(=O)O. The summed E-state index contributed by atoms with van der Waals surface area (Å²) in [6.45, 7) is 2.89. The fourth-order valence-electron chi connectivity index (χ4n) is 2.66. The van der Waals surface area contributed by atoms with Crippen molar-refractivity contribution in [2.75, 3.05) is 13.1 Å². The van der Waals surface area contributed by atoms with Gasteiger partial charge in [0.05, 0.1) is 6.42 Å². The zero-order valence-corrected chi connectivity index (χ0v) is 11.6. The summed E-state index contributed by atoms with van der Waals surface area (Å²) in [7, 11) is 0. The van der Waals surface area contributed by atoms with Crippen LogP contribution in [0.5, 0.6) is 0 Å². The second kappa shape index (κ2) is 6.41. The van der Waals surface area contributed by atoms with Gasteiger partial charge in [0.15, 0.2) is 0 Å². The van der Waals surface area contributed by atoms with Crippen molar-refractivity contribution in [3.8, 4) is 0 Å². The number of aliphatic carboxylic acids is 1. The average molecular weight is 276 g/mol. The van der Waals surface area contributed by atoms with Gasteiger partial charge in [-0.15, -0.1) is 0 Å². The Morgan fingerprint density at radius 1 is 1.35 bits per heavy atom. The maximum absolute atomic E-state index is 12.0. The molecule has 0 saturated carbocycles. The van der Waals surface area contributed by atoms with Gasteiger partial charge < -0.3 is 15.3 Å². The third-order valence-corrected chi connectivity index (χ3v) is 3.72. The summed E-state index contributed by atoms with van der Waals surface area (Å²) in [5.74, 6) is -0.543. The number of hydrogen-bond donors (Lipinski definition) is 2. The van der Waals surface area contributed by atoms with Crippen molar-refractivity contribution >= 4 is 12.0 Å². The summed E-state index contributed by atoms with van der Waals surface area (Å²) in [6.07, 6.45) is 0.895. The highest BCUT2D eigenvalue weighted by Crippen LogP contribution is 2.31. The molecule has 108 valence electrons. The molecule has 2 N–H and O–H groups in total. The molecule has 5 nitrogen and oxygen atoms in total. The highest BCUT2D eigenvalue weighted by Gasteiger charge is 2.32. The van der Waals surface area contributed by atoms with Crippen molar-refractivity contribution in [1.82, 2.24) is 10.2 Å². The lowest BCUT2D eigenvalue weighted by Gasteiger charge is -2.21. The molecule has 2 atom stereocenters. The van der Waals surface area contributed by atoms with Gasteiger partial charge >= 0.3 is 12.0 Å². The van der Waals surface area contributed by atoms with Crippen LogP contribution in [-0.4, -0.2) is 41.1 Å². The lowest BCUT2D eigenvalue weighted by Crippen LogP contribution is -2.42. The molecule has 1 aliphatic heterocycles.